The number of methoxy groups -OCH3 is 1. The SMILES string of the molecule is C=C1NC(=O)N[C@@H](c2cc(Cl)cc(OC)c2OCCC)[C@@H]1C(=O)NCc1ccccc1. The van der Waals surface area contributed by atoms with Crippen LogP contribution in [0.15, 0.2) is 54.7 Å². The first kappa shape index (κ1) is 22.5. The van der Waals surface area contributed by atoms with Crippen molar-refractivity contribution < 1.29 is 19.1 Å². The van der Waals surface area contributed by atoms with Gasteiger partial charge in [-0.2, -0.15) is 0 Å². The Labute approximate surface area is 186 Å². The lowest BCUT2D eigenvalue weighted by atomic mass is 9.87. The number of amides is 3. The first-order valence-electron chi connectivity index (χ1n) is 10.0. The molecule has 1 saturated heterocycles. The van der Waals surface area contributed by atoms with Crippen molar-refractivity contribution in [2.75, 3.05) is 13.7 Å². The van der Waals surface area contributed by atoms with Crippen LogP contribution in [0.4, 0.5) is 4.79 Å². The summed E-state index contributed by atoms with van der Waals surface area (Å²) in [6, 6.07) is 11.7. The Kier molecular flexibility index (Phi) is 7.41. The van der Waals surface area contributed by atoms with E-state index in [9.17, 15) is 9.59 Å². The lowest BCUT2D eigenvalue weighted by Crippen LogP contribution is -2.53. The molecular formula is C23H26ClN3O4. The number of carbonyl (C=O) groups is 2. The average molecular weight is 444 g/mol. The molecule has 0 spiro atoms. The van der Waals surface area contributed by atoms with Gasteiger partial charge in [-0.1, -0.05) is 55.4 Å². The predicted octanol–water partition coefficient (Wildman–Crippen LogP) is 3.94. The molecule has 2 aromatic carbocycles. The first-order valence-corrected chi connectivity index (χ1v) is 10.4. The van der Waals surface area contributed by atoms with E-state index in [4.69, 9.17) is 21.1 Å². The first-order chi connectivity index (χ1) is 14.9. The van der Waals surface area contributed by atoms with E-state index in [1.165, 1.54) is 7.11 Å². The Balaban J connectivity index is 1.96. The minimum Gasteiger partial charge on any atom is -0.493 e. The number of hydrogen-bond acceptors (Lipinski definition) is 4. The molecule has 0 unspecified atom stereocenters. The molecule has 0 aliphatic carbocycles. The molecule has 164 valence electrons. The zero-order valence-corrected chi connectivity index (χ0v) is 18.3. The summed E-state index contributed by atoms with van der Waals surface area (Å²) < 4.78 is 11.4. The van der Waals surface area contributed by atoms with Crippen LogP contribution >= 0.6 is 11.6 Å². The number of benzene rings is 2. The van der Waals surface area contributed by atoms with E-state index in [0.717, 1.165) is 12.0 Å². The monoisotopic (exact) mass is 443 g/mol. The molecular weight excluding hydrogens is 418 g/mol. The molecule has 2 aromatic rings. The van der Waals surface area contributed by atoms with E-state index in [-0.39, 0.29) is 5.91 Å². The highest BCUT2D eigenvalue weighted by atomic mass is 35.5. The minimum atomic E-state index is -0.784. The standard InChI is InChI=1S/C23H26ClN3O4/c1-4-10-31-21-17(11-16(24)12-18(21)30-3)20-19(14(2)26-23(29)27-20)22(28)25-13-15-8-6-5-7-9-15/h5-9,11-12,19-20H,2,4,10,13H2,1,3H3,(H,25,28)(H2,26,27,29)/t19-,20+/m1/s1. The Morgan fingerprint density at radius 1 is 1.26 bits per heavy atom. The van der Waals surface area contributed by atoms with E-state index in [0.29, 0.717) is 40.9 Å². The zero-order valence-electron chi connectivity index (χ0n) is 17.5. The van der Waals surface area contributed by atoms with Crippen molar-refractivity contribution in [1.29, 1.82) is 0 Å². The van der Waals surface area contributed by atoms with Crippen LogP contribution in [0.25, 0.3) is 0 Å². The highest BCUT2D eigenvalue weighted by Crippen LogP contribution is 2.42. The van der Waals surface area contributed by atoms with E-state index >= 15 is 0 Å². The summed E-state index contributed by atoms with van der Waals surface area (Å²) in [7, 11) is 1.51. The summed E-state index contributed by atoms with van der Waals surface area (Å²) in [6.45, 7) is 6.69. The van der Waals surface area contributed by atoms with Crippen LogP contribution < -0.4 is 25.4 Å². The minimum absolute atomic E-state index is 0.285. The zero-order chi connectivity index (χ0) is 22.4. The summed E-state index contributed by atoms with van der Waals surface area (Å²) in [4.78, 5) is 25.4. The van der Waals surface area contributed by atoms with Gasteiger partial charge >= 0.3 is 6.03 Å². The van der Waals surface area contributed by atoms with Gasteiger partial charge < -0.3 is 25.4 Å². The summed E-state index contributed by atoms with van der Waals surface area (Å²) in [5.74, 6) is -0.201. The van der Waals surface area contributed by atoms with Gasteiger partial charge in [0.05, 0.1) is 19.8 Å². The Bertz CT molecular complexity index is 965. The van der Waals surface area contributed by atoms with Crippen molar-refractivity contribution >= 4 is 23.5 Å². The fourth-order valence-electron chi connectivity index (χ4n) is 3.48. The normalized spacial score (nSPS) is 18.0. The predicted molar refractivity (Wildman–Crippen MR) is 119 cm³/mol. The fourth-order valence-corrected chi connectivity index (χ4v) is 3.69. The molecule has 0 radical (unpaired) electrons. The highest BCUT2D eigenvalue weighted by molar-refractivity contribution is 6.30. The van der Waals surface area contributed by atoms with E-state index in [2.05, 4.69) is 22.5 Å². The lowest BCUT2D eigenvalue weighted by Gasteiger charge is -2.35. The maximum absolute atomic E-state index is 13.2. The number of rotatable bonds is 8. The van der Waals surface area contributed by atoms with E-state index in [1.807, 2.05) is 37.3 Å². The van der Waals surface area contributed by atoms with Crippen LogP contribution in [0, 0.1) is 5.92 Å². The topological polar surface area (TPSA) is 88.7 Å². The average Bonchev–Trinajstić information content (AvgIpc) is 2.76. The van der Waals surface area contributed by atoms with Crippen molar-refractivity contribution in [3.8, 4) is 11.5 Å². The second-order valence-electron chi connectivity index (χ2n) is 7.16. The van der Waals surface area contributed by atoms with Gasteiger partial charge in [0, 0.05) is 28.9 Å². The van der Waals surface area contributed by atoms with Crippen molar-refractivity contribution in [1.82, 2.24) is 16.0 Å². The number of ether oxygens (including phenoxy) is 2. The molecule has 3 N–H and O–H groups in total. The van der Waals surface area contributed by atoms with Crippen molar-refractivity contribution in [2.24, 2.45) is 5.92 Å². The van der Waals surface area contributed by atoms with Crippen LogP contribution in [0.5, 0.6) is 11.5 Å². The number of carbonyl (C=O) groups excluding carboxylic acids is 2. The molecule has 1 aliphatic rings. The van der Waals surface area contributed by atoms with Crippen molar-refractivity contribution in [3.63, 3.8) is 0 Å². The molecule has 0 saturated carbocycles. The van der Waals surface area contributed by atoms with Crippen molar-refractivity contribution in [2.45, 2.75) is 25.9 Å². The number of hydrogen-bond donors (Lipinski definition) is 3. The summed E-state index contributed by atoms with van der Waals surface area (Å²) >= 11 is 6.31. The summed E-state index contributed by atoms with van der Waals surface area (Å²) in [6.07, 6.45) is 0.775. The van der Waals surface area contributed by atoms with Gasteiger partial charge in [-0.15, -0.1) is 0 Å². The molecule has 1 fully saturated rings. The van der Waals surface area contributed by atoms with Crippen LogP contribution in [-0.2, 0) is 11.3 Å². The van der Waals surface area contributed by atoms with Crippen LogP contribution in [0.1, 0.15) is 30.5 Å². The molecule has 0 aromatic heterocycles. The van der Waals surface area contributed by atoms with Crippen LogP contribution in [0.2, 0.25) is 5.02 Å². The molecule has 0 bridgehead atoms. The maximum atomic E-state index is 13.2. The molecule has 31 heavy (non-hydrogen) atoms. The fraction of sp³-hybridized carbons (Fsp3) is 0.304. The van der Waals surface area contributed by atoms with Gasteiger partial charge in [0.1, 0.15) is 5.92 Å². The van der Waals surface area contributed by atoms with Crippen molar-refractivity contribution in [3.05, 3.63) is 70.9 Å². The molecule has 8 heteroatoms. The van der Waals surface area contributed by atoms with Gasteiger partial charge in [-0.05, 0) is 18.1 Å². The Hall–Kier alpha value is -3.19. The van der Waals surface area contributed by atoms with Crippen LogP contribution in [-0.4, -0.2) is 25.7 Å². The lowest BCUT2D eigenvalue weighted by molar-refractivity contribution is -0.125. The molecule has 2 atom stereocenters. The molecule has 1 heterocycles. The second-order valence-corrected chi connectivity index (χ2v) is 7.59. The largest absolute Gasteiger partial charge is 0.493 e. The Morgan fingerprint density at radius 3 is 2.68 bits per heavy atom. The smallest absolute Gasteiger partial charge is 0.319 e. The quantitative estimate of drug-likeness (QED) is 0.576. The van der Waals surface area contributed by atoms with Gasteiger partial charge in [0.2, 0.25) is 5.91 Å². The Morgan fingerprint density at radius 2 is 2.00 bits per heavy atom. The van der Waals surface area contributed by atoms with Gasteiger partial charge in [-0.3, -0.25) is 4.79 Å². The van der Waals surface area contributed by atoms with Gasteiger partial charge in [0.15, 0.2) is 11.5 Å². The number of halogens is 1. The maximum Gasteiger partial charge on any atom is 0.319 e. The highest BCUT2D eigenvalue weighted by Gasteiger charge is 2.40. The summed E-state index contributed by atoms with van der Waals surface area (Å²) in [5, 5.41) is 8.75. The van der Waals surface area contributed by atoms with Gasteiger partial charge in [-0.25, -0.2) is 4.79 Å². The molecule has 3 amide bonds. The van der Waals surface area contributed by atoms with E-state index < -0.39 is 18.0 Å². The number of nitrogens with one attached hydrogen (secondary N) is 3. The van der Waals surface area contributed by atoms with Crippen LogP contribution in [0.3, 0.4) is 0 Å². The third-order valence-corrected chi connectivity index (χ3v) is 5.13. The summed E-state index contributed by atoms with van der Waals surface area (Å²) in [5.41, 5.74) is 1.80. The third kappa shape index (κ3) is 5.30. The van der Waals surface area contributed by atoms with E-state index in [1.54, 1.807) is 12.1 Å². The molecule has 7 nitrogen and oxygen atoms in total. The molecule has 1 aliphatic heterocycles. The van der Waals surface area contributed by atoms with Gasteiger partial charge in [0.25, 0.3) is 0 Å². The second kappa shape index (κ2) is 10.2. The third-order valence-electron chi connectivity index (χ3n) is 4.92. The molecule has 3 rings (SSSR count). The number of urea groups is 1.